The molecule has 0 amide bonds. The highest BCUT2D eigenvalue weighted by Gasteiger charge is 2.06. The number of rotatable bonds is 2. The number of Topliss-reactive ketones (excluding diaryl/α,β-unsaturated/α-hetero) is 1. The summed E-state index contributed by atoms with van der Waals surface area (Å²) in [5.41, 5.74) is 2.83. The Balaban J connectivity index is 2.52. The van der Waals surface area contributed by atoms with Crippen LogP contribution in [0.3, 0.4) is 0 Å². The van der Waals surface area contributed by atoms with Gasteiger partial charge < -0.3 is 0 Å². The minimum absolute atomic E-state index is 0.0442. The van der Waals surface area contributed by atoms with Crippen molar-refractivity contribution in [2.45, 2.75) is 11.8 Å². The van der Waals surface area contributed by atoms with Crippen LogP contribution in [-0.2, 0) is 0 Å². The maximum absolute atomic E-state index is 11.4. The van der Waals surface area contributed by atoms with Gasteiger partial charge in [0.25, 0.3) is 0 Å². The van der Waals surface area contributed by atoms with Crippen LogP contribution in [-0.4, -0.2) is 5.78 Å². The first kappa shape index (κ1) is 11.0. The molecule has 0 aliphatic heterocycles. The van der Waals surface area contributed by atoms with Gasteiger partial charge in [0.1, 0.15) is 0 Å². The normalized spacial score (nSPS) is 10.1. The van der Waals surface area contributed by atoms with Gasteiger partial charge in [0, 0.05) is 10.5 Å². The van der Waals surface area contributed by atoms with Gasteiger partial charge in [-0.05, 0) is 30.2 Å². The molecule has 2 aromatic carbocycles. The molecule has 2 aromatic rings. The third-order valence-electron chi connectivity index (χ3n) is 2.48. The molecule has 0 fully saturated rings. The van der Waals surface area contributed by atoms with Crippen LogP contribution in [0.5, 0.6) is 0 Å². The summed E-state index contributed by atoms with van der Waals surface area (Å²) < 4.78 is 0. The lowest BCUT2D eigenvalue weighted by molar-refractivity contribution is 0.101. The SMILES string of the molecule is CC(=O)c1cc(-c2ccccc2)ccc1S. The molecule has 0 spiro atoms. The molecule has 0 saturated heterocycles. The van der Waals surface area contributed by atoms with Crippen molar-refractivity contribution in [2.24, 2.45) is 0 Å². The predicted molar refractivity (Wildman–Crippen MR) is 69.1 cm³/mol. The Morgan fingerprint density at radius 3 is 2.31 bits per heavy atom. The molecule has 0 unspecified atom stereocenters. The smallest absolute Gasteiger partial charge is 0.160 e. The van der Waals surface area contributed by atoms with Crippen LogP contribution in [0.4, 0.5) is 0 Å². The molecule has 0 saturated carbocycles. The summed E-state index contributed by atoms with van der Waals surface area (Å²) in [6, 6.07) is 15.7. The van der Waals surface area contributed by atoms with Crippen molar-refractivity contribution in [2.75, 3.05) is 0 Å². The van der Waals surface area contributed by atoms with E-state index < -0.39 is 0 Å². The predicted octanol–water partition coefficient (Wildman–Crippen LogP) is 3.84. The Morgan fingerprint density at radius 2 is 1.69 bits per heavy atom. The van der Waals surface area contributed by atoms with E-state index in [0.717, 1.165) is 16.0 Å². The van der Waals surface area contributed by atoms with E-state index in [1.807, 2.05) is 48.5 Å². The van der Waals surface area contributed by atoms with Gasteiger partial charge in [-0.15, -0.1) is 12.6 Å². The van der Waals surface area contributed by atoms with Crippen molar-refractivity contribution >= 4 is 18.4 Å². The summed E-state index contributed by atoms with van der Waals surface area (Å²) >= 11 is 4.28. The highest BCUT2D eigenvalue weighted by molar-refractivity contribution is 7.80. The van der Waals surface area contributed by atoms with Crippen LogP contribution >= 0.6 is 12.6 Å². The highest BCUT2D eigenvalue weighted by atomic mass is 32.1. The summed E-state index contributed by atoms with van der Waals surface area (Å²) in [5.74, 6) is 0.0442. The Hall–Kier alpha value is -1.54. The minimum atomic E-state index is 0.0442. The maximum Gasteiger partial charge on any atom is 0.160 e. The number of carbonyl (C=O) groups is 1. The second-order valence-electron chi connectivity index (χ2n) is 3.65. The highest BCUT2D eigenvalue weighted by Crippen LogP contribution is 2.24. The molecule has 0 aliphatic carbocycles. The largest absolute Gasteiger partial charge is 0.294 e. The van der Waals surface area contributed by atoms with Crippen LogP contribution < -0.4 is 0 Å². The topological polar surface area (TPSA) is 17.1 Å². The van der Waals surface area contributed by atoms with Crippen molar-refractivity contribution in [3.8, 4) is 11.1 Å². The second-order valence-corrected chi connectivity index (χ2v) is 4.14. The van der Waals surface area contributed by atoms with E-state index in [1.54, 1.807) is 6.92 Å². The molecule has 80 valence electrons. The zero-order chi connectivity index (χ0) is 11.5. The average molecular weight is 228 g/mol. The number of thiol groups is 1. The van der Waals surface area contributed by atoms with Gasteiger partial charge >= 0.3 is 0 Å². The van der Waals surface area contributed by atoms with Gasteiger partial charge in [-0.2, -0.15) is 0 Å². The Morgan fingerprint density at radius 1 is 1.00 bits per heavy atom. The zero-order valence-electron chi connectivity index (χ0n) is 8.97. The second kappa shape index (κ2) is 4.54. The average Bonchev–Trinajstić information content (AvgIpc) is 2.30. The number of ketones is 1. The van der Waals surface area contributed by atoms with E-state index in [9.17, 15) is 4.79 Å². The van der Waals surface area contributed by atoms with Crippen LogP contribution in [0, 0.1) is 0 Å². The van der Waals surface area contributed by atoms with E-state index in [-0.39, 0.29) is 5.78 Å². The van der Waals surface area contributed by atoms with Gasteiger partial charge in [0.2, 0.25) is 0 Å². The lowest BCUT2D eigenvalue weighted by Gasteiger charge is -2.05. The number of benzene rings is 2. The van der Waals surface area contributed by atoms with Crippen molar-refractivity contribution in [3.63, 3.8) is 0 Å². The fourth-order valence-electron chi connectivity index (χ4n) is 1.63. The molecular weight excluding hydrogens is 216 g/mol. The monoisotopic (exact) mass is 228 g/mol. The van der Waals surface area contributed by atoms with Gasteiger partial charge in [-0.3, -0.25) is 4.79 Å². The van der Waals surface area contributed by atoms with E-state index in [1.165, 1.54) is 0 Å². The Labute approximate surface area is 101 Å². The Kier molecular flexibility index (Phi) is 3.11. The molecule has 0 aromatic heterocycles. The van der Waals surface area contributed by atoms with Crippen LogP contribution in [0.2, 0.25) is 0 Å². The van der Waals surface area contributed by atoms with Gasteiger partial charge in [-0.1, -0.05) is 36.4 Å². The zero-order valence-corrected chi connectivity index (χ0v) is 9.87. The van der Waals surface area contributed by atoms with Crippen molar-refractivity contribution in [1.82, 2.24) is 0 Å². The summed E-state index contributed by atoms with van der Waals surface area (Å²) in [7, 11) is 0. The first-order valence-corrected chi connectivity index (χ1v) is 5.52. The molecule has 0 radical (unpaired) electrons. The fourth-order valence-corrected chi connectivity index (χ4v) is 1.92. The fraction of sp³-hybridized carbons (Fsp3) is 0.0714. The summed E-state index contributed by atoms with van der Waals surface area (Å²) in [6.07, 6.45) is 0. The lowest BCUT2D eigenvalue weighted by atomic mass is 10.0. The van der Waals surface area contributed by atoms with Crippen LogP contribution in [0.1, 0.15) is 17.3 Å². The minimum Gasteiger partial charge on any atom is -0.294 e. The molecular formula is C14H12OS. The number of carbonyl (C=O) groups excluding carboxylic acids is 1. The third kappa shape index (κ3) is 2.17. The lowest BCUT2D eigenvalue weighted by Crippen LogP contribution is -1.94. The third-order valence-corrected chi connectivity index (χ3v) is 2.87. The van der Waals surface area contributed by atoms with Crippen molar-refractivity contribution < 1.29 is 4.79 Å². The quantitative estimate of drug-likeness (QED) is 0.610. The van der Waals surface area contributed by atoms with Crippen LogP contribution in [0.15, 0.2) is 53.4 Å². The maximum atomic E-state index is 11.4. The van der Waals surface area contributed by atoms with E-state index in [4.69, 9.17) is 0 Å². The van der Waals surface area contributed by atoms with Gasteiger partial charge in [-0.25, -0.2) is 0 Å². The summed E-state index contributed by atoms with van der Waals surface area (Å²) in [6.45, 7) is 1.56. The van der Waals surface area contributed by atoms with E-state index in [2.05, 4.69) is 12.6 Å². The molecule has 16 heavy (non-hydrogen) atoms. The molecule has 1 nitrogen and oxygen atoms in total. The molecule has 0 bridgehead atoms. The van der Waals surface area contributed by atoms with Crippen LogP contribution in [0.25, 0.3) is 11.1 Å². The molecule has 0 N–H and O–H groups in total. The van der Waals surface area contributed by atoms with Gasteiger partial charge in [0.05, 0.1) is 0 Å². The molecule has 2 heteroatoms. The summed E-state index contributed by atoms with van der Waals surface area (Å²) in [4.78, 5) is 12.1. The first-order valence-electron chi connectivity index (χ1n) is 5.08. The summed E-state index contributed by atoms with van der Waals surface area (Å²) in [5, 5.41) is 0. The molecule has 0 heterocycles. The first-order chi connectivity index (χ1) is 7.68. The Bertz CT molecular complexity index is 518. The molecule has 0 atom stereocenters. The van der Waals surface area contributed by atoms with E-state index in [0.29, 0.717) is 5.56 Å². The standard InChI is InChI=1S/C14H12OS/c1-10(15)13-9-12(7-8-14(13)16)11-5-3-2-4-6-11/h2-9,16H,1H3. The number of hydrogen-bond donors (Lipinski definition) is 1. The number of hydrogen-bond acceptors (Lipinski definition) is 2. The van der Waals surface area contributed by atoms with Crippen molar-refractivity contribution in [3.05, 3.63) is 54.1 Å². The molecule has 2 rings (SSSR count). The van der Waals surface area contributed by atoms with E-state index >= 15 is 0 Å². The van der Waals surface area contributed by atoms with Crippen molar-refractivity contribution in [1.29, 1.82) is 0 Å². The molecule has 0 aliphatic rings. The van der Waals surface area contributed by atoms with Gasteiger partial charge in [0.15, 0.2) is 5.78 Å².